The highest BCUT2D eigenvalue weighted by Gasteiger charge is 2.17. The summed E-state index contributed by atoms with van der Waals surface area (Å²) in [6.07, 6.45) is 9.39. The van der Waals surface area contributed by atoms with Gasteiger partial charge in [-0.15, -0.1) is 11.3 Å². The molecule has 4 rings (SSSR count). The largest absolute Gasteiger partial charge is 0.493 e. The molecule has 0 saturated heterocycles. The van der Waals surface area contributed by atoms with Crippen LogP contribution in [-0.4, -0.2) is 16.2 Å². The van der Waals surface area contributed by atoms with Crippen LogP contribution in [0.3, 0.4) is 0 Å². The summed E-state index contributed by atoms with van der Waals surface area (Å²) in [6.45, 7) is 6.99. The lowest BCUT2D eigenvalue weighted by atomic mass is 10.1. The number of imidazole rings is 1. The van der Waals surface area contributed by atoms with Crippen molar-refractivity contribution in [1.29, 1.82) is 0 Å². The number of hydrogen-bond donors (Lipinski definition) is 0. The summed E-state index contributed by atoms with van der Waals surface area (Å²) in [4.78, 5) is 7.47. The van der Waals surface area contributed by atoms with Crippen LogP contribution in [-0.2, 0) is 6.42 Å². The van der Waals surface area contributed by atoms with E-state index in [1.54, 1.807) is 11.3 Å². The van der Waals surface area contributed by atoms with Gasteiger partial charge in [0, 0.05) is 28.8 Å². The van der Waals surface area contributed by atoms with E-state index in [0.717, 1.165) is 41.6 Å². The Morgan fingerprint density at radius 1 is 1.23 bits per heavy atom. The Kier molecular flexibility index (Phi) is 4.51. The second-order valence-electron chi connectivity index (χ2n) is 6.36. The average molecular weight is 362 g/mol. The maximum Gasteiger partial charge on any atom is 0.144 e. The molecule has 3 nitrogen and oxygen atoms in total. The van der Waals surface area contributed by atoms with E-state index in [1.165, 1.54) is 15.3 Å². The fourth-order valence-electron chi connectivity index (χ4n) is 3.27. The second kappa shape index (κ2) is 6.96. The number of hydrogen-bond acceptors (Lipinski definition) is 3. The lowest BCUT2D eigenvalue weighted by molar-refractivity contribution is 0.357. The molecule has 1 aromatic carbocycles. The number of aromatic nitrogens is 2. The van der Waals surface area contributed by atoms with E-state index in [2.05, 4.69) is 73.2 Å². The SMILES string of the molecule is CC=CC(=CC)c1nc(-c2ccc(C)s2)cn1-c1ccc2c(c1)CCO2. The van der Waals surface area contributed by atoms with Crippen molar-refractivity contribution in [2.45, 2.75) is 27.2 Å². The first-order valence-corrected chi connectivity index (χ1v) is 9.73. The van der Waals surface area contributed by atoms with E-state index in [1.807, 2.05) is 6.92 Å². The first-order valence-electron chi connectivity index (χ1n) is 8.91. The Balaban J connectivity index is 1.87. The van der Waals surface area contributed by atoms with Crippen molar-refractivity contribution in [1.82, 2.24) is 9.55 Å². The molecule has 132 valence electrons. The van der Waals surface area contributed by atoms with Gasteiger partial charge in [-0.05, 0) is 56.7 Å². The molecular formula is C22H22N2OS. The molecule has 0 spiro atoms. The minimum atomic E-state index is 0.772. The first-order chi connectivity index (χ1) is 12.7. The molecule has 1 aliphatic rings. The van der Waals surface area contributed by atoms with E-state index >= 15 is 0 Å². The highest BCUT2D eigenvalue weighted by Crippen LogP contribution is 2.33. The van der Waals surface area contributed by atoms with Crippen molar-refractivity contribution in [3.63, 3.8) is 0 Å². The van der Waals surface area contributed by atoms with E-state index in [-0.39, 0.29) is 0 Å². The number of thiophene rings is 1. The number of benzene rings is 1. The molecule has 3 aromatic rings. The van der Waals surface area contributed by atoms with Crippen molar-refractivity contribution in [2.75, 3.05) is 6.61 Å². The summed E-state index contributed by atoms with van der Waals surface area (Å²) in [5.74, 6) is 1.97. The fourth-order valence-corrected chi connectivity index (χ4v) is 4.10. The molecule has 2 aromatic heterocycles. The first kappa shape index (κ1) is 16.9. The van der Waals surface area contributed by atoms with Gasteiger partial charge in [-0.25, -0.2) is 4.98 Å². The van der Waals surface area contributed by atoms with Gasteiger partial charge in [-0.1, -0.05) is 18.2 Å². The van der Waals surface area contributed by atoms with Crippen LogP contribution in [0.1, 0.15) is 30.1 Å². The zero-order chi connectivity index (χ0) is 18.1. The summed E-state index contributed by atoms with van der Waals surface area (Å²) in [7, 11) is 0. The van der Waals surface area contributed by atoms with Crippen LogP contribution in [0.4, 0.5) is 0 Å². The molecule has 26 heavy (non-hydrogen) atoms. The van der Waals surface area contributed by atoms with E-state index in [9.17, 15) is 0 Å². The lowest BCUT2D eigenvalue weighted by Crippen LogP contribution is -1.99. The molecule has 0 fully saturated rings. The van der Waals surface area contributed by atoms with Gasteiger partial charge in [0.05, 0.1) is 17.2 Å². The molecule has 0 radical (unpaired) electrons. The second-order valence-corrected chi connectivity index (χ2v) is 7.65. The number of fused-ring (bicyclic) bond motifs is 1. The zero-order valence-electron chi connectivity index (χ0n) is 15.3. The van der Waals surface area contributed by atoms with Gasteiger partial charge in [-0.2, -0.15) is 0 Å². The standard InChI is InChI=1S/C22H22N2OS/c1-4-6-16(5-2)22-23-19(21-10-7-15(3)26-21)14-24(22)18-8-9-20-17(13-18)11-12-25-20/h4-10,13-14H,11-12H2,1-3H3. The third kappa shape index (κ3) is 3.01. The van der Waals surface area contributed by atoms with Crippen LogP contribution in [0.5, 0.6) is 5.75 Å². The predicted molar refractivity (Wildman–Crippen MR) is 109 cm³/mol. The van der Waals surface area contributed by atoms with Gasteiger partial charge < -0.3 is 4.74 Å². The number of rotatable bonds is 4. The maximum absolute atomic E-state index is 5.66. The van der Waals surface area contributed by atoms with Gasteiger partial charge >= 0.3 is 0 Å². The molecule has 4 heteroatoms. The quantitative estimate of drug-likeness (QED) is 0.547. The Morgan fingerprint density at radius 2 is 2.12 bits per heavy atom. The Labute approximate surface area is 158 Å². The van der Waals surface area contributed by atoms with Crippen molar-refractivity contribution in [2.24, 2.45) is 0 Å². The van der Waals surface area contributed by atoms with Crippen molar-refractivity contribution in [3.8, 4) is 22.0 Å². The van der Waals surface area contributed by atoms with Gasteiger partial charge in [0.25, 0.3) is 0 Å². The molecule has 3 heterocycles. The predicted octanol–water partition coefficient (Wildman–Crippen LogP) is 5.82. The maximum atomic E-state index is 5.66. The van der Waals surface area contributed by atoms with E-state index < -0.39 is 0 Å². The van der Waals surface area contributed by atoms with Crippen LogP contribution >= 0.6 is 11.3 Å². The Morgan fingerprint density at radius 3 is 2.85 bits per heavy atom. The molecule has 0 aliphatic carbocycles. The van der Waals surface area contributed by atoms with Crippen molar-refractivity contribution >= 4 is 16.9 Å². The normalized spacial score (nSPS) is 14.0. The van der Waals surface area contributed by atoms with Gasteiger partial charge in [0.2, 0.25) is 0 Å². The average Bonchev–Trinajstić information content (AvgIpc) is 3.37. The van der Waals surface area contributed by atoms with Crippen molar-refractivity contribution in [3.05, 3.63) is 71.0 Å². The summed E-state index contributed by atoms with van der Waals surface area (Å²) >= 11 is 1.78. The molecule has 1 aliphatic heterocycles. The van der Waals surface area contributed by atoms with E-state index in [4.69, 9.17) is 9.72 Å². The van der Waals surface area contributed by atoms with Gasteiger partial charge in [0.1, 0.15) is 11.6 Å². The molecular weight excluding hydrogens is 340 g/mol. The fraction of sp³-hybridized carbons (Fsp3) is 0.227. The third-order valence-corrected chi connectivity index (χ3v) is 5.59. The summed E-state index contributed by atoms with van der Waals surface area (Å²) in [5.41, 5.74) is 4.52. The monoisotopic (exact) mass is 362 g/mol. The van der Waals surface area contributed by atoms with Crippen molar-refractivity contribution < 1.29 is 4.74 Å². The summed E-state index contributed by atoms with van der Waals surface area (Å²) in [5, 5.41) is 0. The Hall–Kier alpha value is -2.59. The number of ether oxygens (including phenoxy) is 1. The molecule has 0 unspecified atom stereocenters. The minimum Gasteiger partial charge on any atom is -0.493 e. The molecule has 0 amide bonds. The summed E-state index contributed by atoms with van der Waals surface area (Å²) < 4.78 is 7.85. The number of allylic oxidation sites excluding steroid dienone is 4. The van der Waals surface area contributed by atoms with E-state index in [0.29, 0.717) is 0 Å². The topological polar surface area (TPSA) is 27.1 Å². The number of nitrogens with zero attached hydrogens (tertiary/aromatic N) is 2. The van der Waals surface area contributed by atoms with Crippen LogP contribution in [0.25, 0.3) is 21.8 Å². The molecule has 0 N–H and O–H groups in total. The highest BCUT2D eigenvalue weighted by atomic mass is 32.1. The lowest BCUT2D eigenvalue weighted by Gasteiger charge is -2.10. The van der Waals surface area contributed by atoms with Gasteiger partial charge in [-0.3, -0.25) is 4.57 Å². The summed E-state index contributed by atoms with van der Waals surface area (Å²) in [6, 6.07) is 10.7. The van der Waals surface area contributed by atoms with Gasteiger partial charge in [0.15, 0.2) is 0 Å². The molecule has 0 atom stereocenters. The third-order valence-electron chi connectivity index (χ3n) is 4.57. The zero-order valence-corrected chi connectivity index (χ0v) is 16.1. The Bertz CT molecular complexity index is 1010. The van der Waals surface area contributed by atoms with Crippen LogP contribution in [0.2, 0.25) is 0 Å². The highest BCUT2D eigenvalue weighted by molar-refractivity contribution is 7.15. The number of aryl methyl sites for hydroxylation is 1. The van der Waals surface area contributed by atoms with Crippen LogP contribution in [0, 0.1) is 6.92 Å². The smallest absolute Gasteiger partial charge is 0.144 e. The van der Waals surface area contributed by atoms with Crippen LogP contribution < -0.4 is 4.74 Å². The molecule has 0 bridgehead atoms. The van der Waals surface area contributed by atoms with Crippen LogP contribution in [0.15, 0.2) is 54.8 Å². The molecule has 0 saturated carbocycles. The minimum absolute atomic E-state index is 0.772.